The molecule has 0 saturated carbocycles. The molecule has 254 valence electrons. The monoisotopic (exact) mass is 680 g/mol. The third-order valence-electron chi connectivity index (χ3n) is 8.30. The molecule has 0 spiro atoms. The van der Waals surface area contributed by atoms with E-state index in [-0.39, 0.29) is 6.42 Å². The molecule has 9 nitrogen and oxygen atoms in total. The lowest BCUT2D eigenvalue weighted by molar-refractivity contribution is 0.123. The van der Waals surface area contributed by atoms with Gasteiger partial charge in [0.05, 0.1) is 60.4 Å². The summed E-state index contributed by atoms with van der Waals surface area (Å²) in [5, 5.41) is 11.9. The molecule has 0 saturated heterocycles. The molecule has 10 heteroatoms. The average molecular weight is 681 g/mol. The van der Waals surface area contributed by atoms with E-state index in [4.69, 9.17) is 28.4 Å². The van der Waals surface area contributed by atoms with Crippen molar-refractivity contribution in [2.45, 2.75) is 30.4 Å². The van der Waals surface area contributed by atoms with E-state index in [1.54, 1.807) is 40.6 Å². The van der Waals surface area contributed by atoms with Gasteiger partial charge >= 0.3 is 0 Å². The summed E-state index contributed by atoms with van der Waals surface area (Å²) in [6.07, 6.45) is 0.803. The molecule has 49 heavy (non-hydrogen) atoms. The van der Waals surface area contributed by atoms with E-state index in [9.17, 15) is 9.47 Å². The van der Waals surface area contributed by atoms with Gasteiger partial charge in [-0.3, -0.25) is 0 Å². The summed E-state index contributed by atoms with van der Waals surface area (Å²) in [6.45, 7) is 0.886. The SMILES string of the molecule is COc1cc(C#N)c(C[C@H](N[S@@](=O)c2c(OC)ccc3ccccc23)c2cc(OC)c(OC)cc2CCOCc2ccccc2)cc1OC. The standard InChI is InChI=1S/C39H40N2O7S/c1-43-34-16-15-27-13-9-10-14-31(27)39(34)49(42)41-33(19-29-21-36(45-3)37(46-4)22-30(29)24-40)32-23-38(47-5)35(44-2)20-28(32)17-18-48-25-26-11-7-6-8-12-26/h6-16,20-23,33,41H,17-19,25H2,1-5H3/t33-,49-/m0/s1. The predicted octanol–water partition coefficient (Wildman–Crippen LogP) is 7.11. The number of hydrogen-bond acceptors (Lipinski definition) is 8. The Kier molecular flexibility index (Phi) is 12.1. The van der Waals surface area contributed by atoms with E-state index >= 15 is 0 Å². The predicted molar refractivity (Wildman–Crippen MR) is 190 cm³/mol. The van der Waals surface area contributed by atoms with E-state index < -0.39 is 17.0 Å². The molecule has 0 aromatic heterocycles. The lowest BCUT2D eigenvalue weighted by Crippen LogP contribution is -2.27. The zero-order valence-corrected chi connectivity index (χ0v) is 29.1. The number of fused-ring (bicyclic) bond motifs is 1. The van der Waals surface area contributed by atoms with Crippen LogP contribution in [0.4, 0.5) is 0 Å². The van der Waals surface area contributed by atoms with Gasteiger partial charge < -0.3 is 28.4 Å². The van der Waals surface area contributed by atoms with Crippen LogP contribution in [0.25, 0.3) is 10.8 Å². The summed E-state index contributed by atoms with van der Waals surface area (Å²) < 4.78 is 52.2. The van der Waals surface area contributed by atoms with Gasteiger partial charge in [-0.2, -0.15) is 5.26 Å². The fourth-order valence-corrected chi connectivity index (χ4v) is 7.12. The molecule has 5 aromatic carbocycles. The Hall–Kier alpha value is -5.08. The van der Waals surface area contributed by atoms with Crippen LogP contribution in [0.3, 0.4) is 0 Å². The van der Waals surface area contributed by atoms with Crippen molar-refractivity contribution in [2.24, 2.45) is 0 Å². The van der Waals surface area contributed by atoms with Crippen LogP contribution < -0.4 is 28.4 Å². The van der Waals surface area contributed by atoms with Crippen LogP contribution in [0, 0.1) is 11.3 Å². The van der Waals surface area contributed by atoms with Gasteiger partial charge in [-0.15, -0.1) is 0 Å². The first-order chi connectivity index (χ1) is 23.9. The highest BCUT2D eigenvalue weighted by Gasteiger charge is 2.26. The smallest absolute Gasteiger partial charge is 0.162 e. The van der Waals surface area contributed by atoms with E-state index in [0.717, 1.165) is 27.5 Å². The number of hydrogen-bond donors (Lipinski definition) is 1. The molecule has 1 N–H and O–H groups in total. The van der Waals surface area contributed by atoms with Gasteiger partial charge in [0.1, 0.15) is 21.6 Å². The Morgan fingerprint density at radius 3 is 2.00 bits per heavy atom. The first-order valence-electron chi connectivity index (χ1n) is 15.7. The number of methoxy groups -OCH3 is 5. The number of nitrogens with zero attached hydrogens (tertiary/aromatic N) is 1. The summed E-state index contributed by atoms with van der Waals surface area (Å²) in [4.78, 5) is 0.520. The first kappa shape index (κ1) is 35.2. The maximum absolute atomic E-state index is 14.5. The molecule has 0 bridgehead atoms. The summed E-state index contributed by atoms with van der Waals surface area (Å²) >= 11 is 0. The third kappa shape index (κ3) is 8.15. The fraction of sp³-hybridized carbons (Fsp3) is 0.256. The van der Waals surface area contributed by atoms with E-state index in [2.05, 4.69) is 10.8 Å². The maximum atomic E-state index is 14.5. The Balaban J connectivity index is 1.60. The Morgan fingerprint density at radius 1 is 0.714 bits per heavy atom. The van der Waals surface area contributed by atoms with E-state index in [1.807, 2.05) is 78.9 Å². The van der Waals surface area contributed by atoms with E-state index in [0.29, 0.717) is 64.4 Å². The molecular formula is C39H40N2O7S. The van der Waals surface area contributed by atoms with Crippen LogP contribution in [-0.4, -0.2) is 46.4 Å². The van der Waals surface area contributed by atoms with Gasteiger partial charge in [-0.05, 0) is 64.7 Å². The Labute approximate surface area is 289 Å². The summed E-state index contributed by atoms with van der Waals surface area (Å²) in [7, 11) is 6.04. The van der Waals surface area contributed by atoms with Gasteiger partial charge in [0.25, 0.3) is 0 Å². The van der Waals surface area contributed by atoms with Crippen LogP contribution in [0.2, 0.25) is 0 Å². The molecule has 0 radical (unpaired) electrons. The van der Waals surface area contributed by atoms with Gasteiger partial charge in [-0.1, -0.05) is 60.7 Å². The zero-order chi connectivity index (χ0) is 34.8. The second-order valence-electron chi connectivity index (χ2n) is 11.1. The first-order valence-corrected chi connectivity index (χ1v) is 16.8. The topological polar surface area (TPSA) is 108 Å². The van der Waals surface area contributed by atoms with Gasteiger partial charge in [-0.25, -0.2) is 8.93 Å². The van der Waals surface area contributed by atoms with Crippen LogP contribution in [-0.2, 0) is 35.2 Å². The van der Waals surface area contributed by atoms with Crippen molar-refractivity contribution in [1.82, 2.24) is 4.72 Å². The van der Waals surface area contributed by atoms with Crippen LogP contribution in [0.5, 0.6) is 28.7 Å². The van der Waals surface area contributed by atoms with Crippen molar-refractivity contribution in [3.63, 3.8) is 0 Å². The number of rotatable bonds is 16. The minimum absolute atomic E-state index is 0.273. The molecule has 5 rings (SSSR count). The normalized spacial score (nSPS) is 12.2. The molecule has 0 aliphatic carbocycles. The van der Waals surface area contributed by atoms with Gasteiger partial charge in [0, 0.05) is 17.5 Å². The van der Waals surface area contributed by atoms with Crippen molar-refractivity contribution in [3.05, 3.63) is 119 Å². The summed E-state index contributed by atoms with van der Waals surface area (Å²) in [6, 6.07) is 30.5. The molecule has 0 aliphatic rings. The third-order valence-corrected chi connectivity index (χ3v) is 9.59. The zero-order valence-electron chi connectivity index (χ0n) is 28.3. The minimum atomic E-state index is -1.77. The number of nitrogens with one attached hydrogen (secondary N) is 1. The van der Waals surface area contributed by atoms with Crippen molar-refractivity contribution in [2.75, 3.05) is 42.2 Å². The minimum Gasteiger partial charge on any atom is -0.495 e. The van der Waals surface area contributed by atoms with Gasteiger partial charge in [0.15, 0.2) is 23.0 Å². The maximum Gasteiger partial charge on any atom is 0.162 e. The molecule has 2 atom stereocenters. The van der Waals surface area contributed by atoms with Crippen molar-refractivity contribution in [3.8, 4) is 34.8 Å². The molecule has 0 aliphatic heterocycles. The highest BCUT2D eigenvalue weighted by molar-refractivity contribution is 7.83. The summed E-state index contributed by atoms with van der Waals surface area (Å²) in [5.41, 5.74) is 3.88. The van der Waals surface area contributed by atoms with Gasteiger partial charge in [0.2, 0.25) is 0 Å². The fourth-order valence-electron chi connectivity index (χ4n) is 5.82. The lowest BCUT2D eigenvalue weighted by atomic mass is 9.91. The highest BCUT2D eigenvalue weighted by Crippen LogP contribution is 2.38. The van der Waals surface area contributed by atoms with Crippen molar-refractivity contribution in [1.29, 1.82) is 5.26 Å². The van der Waals surface area contributed by atoms with Crippen molar-refractivity contribution < 1.29 is 32.6 Å². The van der Waals surface area contributed by atoms with Crippen LogP contribution in [0.15, 0.2) is 95.9 Å². The van der Waals surface area contributed by atoms with E-state index in [1.165, 1.54) is 7.11 Å². The average Bonchev–Trinajstić information content (AvgIpc) is 3.15. The van der Waals surface area contributed by atoms with Crippen LogP contribution >= 0.6 is 0 Å². The second kappa shape index (κ2) is 16.8. The molecule has 0 unspecified atom stereocenters. The Morgan fingerprint density at radius 2 is 1.33 bits per heavy atom. The number of nitriles is 1. The molecule has 5 aromatic rings. The lowest BCUT2D eigenvalue weighted by Gasteiger charge is -2.25. The Bertz CT molecular complexity index is 1960. The van der Waals surface area contributed by atoms with Crippen LogP contribution in [0.1, 0.15) is 33.9 Å². The molecule has 0 amide bonds. The van der Waals surface area contributed by atoms with Crippen molar-refractivity contribution >= 4 is 21.8 Å². The number of ether oxygens (including phenoxy) is 6. The molecular weight excluding hydrogens is 641 g/mol. The molecule has 0 fully saturated rings. The second-order valence-corrected chi connectivity index (χ2v) is 12.3. The largest absolute Gasteiger partial charge is 0.495 e. The quantitative estimate of drug-likeness (QED) is 0.110. The molecule has 0 heterocycles. The summed E-state index contributed by atoms with van der Waals surface area (Å²) in [5.74, 6) is 2.49. The highest BCUT2D eigenvalue weighted by atomic mass is 32.2. The number of benzene rings is 5.